The molecule has 1 atom stereocenters. The number of amides is 2. The minimum atomic E-state index is -0.954. The van der Waals surface area contributed by atoms with Crippen LogP contribution in [0, 0.1) is 11.6 Å². The van der Waals surface area contributed by atoms with Crippen molar-refractivity contribution < 1.29 is 18.4 Å². The fourth-order valence-corrected chi connectivity index (χ4v) is 2.49. The minimum absolute atomic E-state index is 0.231. The minimum Gasteiger partial charge on any atom is -0.396 e. The molecule has 5 nitrogen and oxygen atoms in total. The van der Waals surface area contributed by atoms with Crippen LogP contribution in [0.25, 0.3) is 0 Å². The number of carbonyl (C=O) groups excluding carboxylic acids is 2. The second-order valence-electron chi connectivity index (χ2n) is 5.25. The molecule has 0 aromatic heterocycles. The predicted molar refractivity (Wildman–Crippen MR) is 73.5 cm³/mol. The van der Waals surface area contributed by atoms with E-state index in [0.717, 1.165) is 12.1 Å². The molecule has 0 bridgehead atoms. The van der Waals surface area contributed by atoms with Gasteiger partial charge in [0.2, 0.25) is 5.91 Å². The Kier molecular flexibility index (Phi) is 4.11. The van der Waals surface area contributed by atoms with Crippen molar-refractivity contribution in [3.8, 4) is 0 Å². The van der Waals surface area contributed by atoms with Gasteiger partial charge in [0.05, 0.1) is 11.3 Å². The van der Waals surface area contributed by atoms with E-state index in [4.69, 9.17) is 5.73 Å². The molecule has 0 aliphatic carbocycles. The third kappa shape index (κ3) is 2.81. The van der Waals surface area contributed by atoms with Gasteiger partial charge in [-0.05, 0) is 25.0 Å². The number of halogens is 2. The lowest BCUT2D eigenvalue weighted by molar-refractivity contribution is -0.132. The van der Waals surface area contributed by atoms with Crippen molar-refractivity contribution in [2.45, 2.75) is 18.9 Å². The molecule has 1 unspecified atom stereocenters. The number of carbonyl (C=O) groups is 2. The standard InChI is InChI=1S/C14H17F2N3O2/c1-18(2)14(21)11-4-3-5-19(11)13(20)9-6-8(15)7-10(17)12(9)16/h6-7,11H,3-5,17H2,1-2H3. The summed E-state index contributed by atoms with van der Waals surface area (Å²) in [6, 6.07) is 0.985. The Morgan fingerprint density at radius 3 is 2.62 bits per heavy atom. The maximum atomic E-state index is 13.9. The maximum absolute atomic E-state index is 13.9. The number of rotatable bonds is 2. The molecular weight excluding hydrogens is 280 g/mol. The van der Waals surface area contributed by atoms with Crippen LogP contribution in [0.5, 0.6) is 0 Å². The van der Waals surface area contributed by atoms with E-state index >= 15 is 0 Å². The van der Waals surface area contributed by atoms with Gasteiger partial charge < -0.3 is 15.5 Å². The summed E-state index contributed by atoms with van der Waals surface area (Å²) in [5, 5.41) is 0. The summed E-state index contributed by atoms with van der Waals surface area (Å²) in [5.41, 5.74) is 4.48. The Balaban J connectivity index is 2.33. The van der Waals surface area contributed by atoms with Gasteiger partial charge in [-0.2, -0.15) is 0 Å². The number of anilines is 1. The predicted octanol–water partition coefficient (Wildman–Crippen LogP) is 1.24. The molecule has 2 N–H and O–H groups in total. The van der Waals surface area contributed by atoms with Crippen molar-refractivity contribution in [3.05, 3.63) is 29.3 Å². The lowest BCUT2D eigenvalue weighted by Gasteiger charge is -2.26. The summed E-state index contributed by atoms with van der Waals surface area (Å²) in [4.78, 5) is 27.1. The molecule has 7 heteroatoms. The van der Waals surface area contributed by atoms with Gasteiger partial charge >= 0.3 is 0 Å². The van der Waals surface area contributed by atoms with E-state index in [9.17, 15) is 18.4 Å². The first-order chi connectivity index (χ1) is 9.82. The van der Waals surface area contributed by atoms with Crippen LogP contribution >= 0.6 is 0 Å². The van der Waals surface area contributed by atoms with Gasteiger partial charge in [0.25, 0.3) is 5.91 Å². The smallest absolute Gasteiger partial charge is 0.257 e. The van der Waals surface area contributed by atoms with Crippen LogP contribution in [0.2, 0.25) is 0 Å². The molecule has 1 aromatic rings. The van der Waals surface area contributed by atoms with Gasteiger partial charge in [-0.15, -0.1) is 0 Å². The second kappa shape index (κ2) is 5.67. The number of nitrogens with two attached hydrogens (primary N) is 1. The highest BCUT2D eigenvalue weighted by atomic mass is 19.1. The van der Waals surface area contributed by atoms with Gasteiger partial charge in [-0.25, -0.2) is 8.78 Å². The molecule has 1 aliphatic heterocycles. The molecule has 1 aromatic carbocycles. The molecule has 1 heterocycles. The molecule has 0 saturated carbocycles. The Labute approximate surface area is 121 Å². The Hall–Kier alpha value is -2.18. The first-order valence-electron chi connectivity index (χ1n) is 6.59. The summed E-state index contributed by atoms with van der Waals surface area (Å²) < 4.78 is 27.3. The van der Waals surface area contributed by atoms with Crippen LogP contribution in [0.1, 0.15) is 23.2 Å². The zero-order chi connectivity index (χ0) is 15.7. The van der Waals surface area contributed by atoms with E-state index in [1.165, 1.54) is 9.80 Å². The first kappa shape index (κ1) is 15.2. The van der Waals surface area contributed by atoms with Crippen molar-refractivity contribution in [2.24, 2.45) is 0 Å². The summed E-state index contributed by atoms with van der Waals surface area (Å²) in [6.07, 6.45) is 1.15. The molecule has 21 heavy (non-hydrogen) atoms. The summed E-state index contributed by atoms with van der Waals surface area (Å²) in [7, 11) is 3.17. The normalized spacial score (nSPS) is 17.9. The number of benzene rings is 1. The second-order valence-corrected chi connectivity index (χ2v) is 5.25. The Morgan fingerprint density at radius 1 is 1.33 bits per heavy atom. The summed E-state index contributed by atoms with van der Waals surface area (Å²) >= 11 is 0. The van der Waals surface area contributed by atoms with E-state index in [-0.39, 0.29) is 5.91 Å². The van der Waals surface area contributed by atoms with E-state index in [0.29, 0.717) is 19.4 Å². The molecule has 1 saturated heterocycles. The summed E-state index contributed by atoms with van der Waals surface area (Å²) in [5.74, 6) is -2.68. The fraction of sp³-hybridized carbons (Fsp3) is 0.429. The number of nitrogen functional groups attached to an aromatic ring is 1. The van der Waals surface area contributed by atoms with Crippen LogP contribution < -0.4 is 5.73 Å². The van der Waals surface area contributed by atoms with Crippen LogP contribution in [0.15, 0.2) is 12.1 Å². The van der Waals surface area contributed by atoms with Gasteiger partial charge in [0.15, 0.2) is 5.82 Å². The van der Waals surface area contributed by atoms with E-state index in [1.54, 1.807) is 14.1 Å². The largest absolute Gasteiger partial charge is 0.396 e. The number of likely N-dealkylation sites (N-methyl/N-ethyl adjacent to an activating group) is 1. The zero-order valence-electron chi connectivity index (χ0n) is 11.9. The molecule has 1 fully saturated rings. The van der Waals surface area contributed by atoms with Gasteiger partial charge in [-0.1, -0.05) is 0 Å². The van der Waals surface area contributed by atoms with Gasteiger partial charge in [0.1, 0.15) is 11.9 Å². The Morgan fingerprint density at radius 2 is 2.00 bits per heavy atom. The molecule has 0 radical (unpaired) electrons. The van der Waals surface area contributed by atoms with Crippen LogP contribution in [-0.4, -0.2) is 48.3 Å². The van der Waals surface area contributed by atoms with Crippen molar-refractivity contribution >= 4 is 17.5 Å². The van der Waals surface area contributed by atoms with E-state index < -0.39 is 34.8 Å². The quantitative estimate of drug-likeness (QED) is 0.835. The Bertz CT molecular complexity index is 590. The van der Waals surface area contributed by atoms with Crippen LogP contribution in [0.3, 0.4) is 0 Å². The van der Waals surface area contributed by atoms with Gasteiger partial charge in [-0.3, -0.25) is 9.59 Å². The fourth-order valence-electron chi connectivity index (χ4n) is 2.49. The average Bonchev–Trinajstić information content (AvgIpc) is 2.90. The average molecular weight is 297 g/mol. The molecule has 114 valence electrons. The summed E-state index contributed by atoms with van der Waals surface area (Å²) in [6.45, 7) is 0.332. The van der Waals surface area contributed by atoms with Crippen LogP contribution in [0.4, 0.5) is 14.5 Å². The maximum Gasteiger partial charge on any atom is 0.257 e. The van der Waals surface area contributed by atoms with E-state index in [1.807, 2.05) is 0 Å². The SMILES string of the molecule is CN(C)C(=O)C1CCCN1C(=O)c1cc(F)cc(N)c1F. The van der Waals surface area contributed by atoms with Crippen molar-refractivity contribution in [1.29, 1.82) is 0 Å². The number of hydrogen-bond acceptors (Lipinski definition) is 3. The lowest BCUT2D eigenvalue weighted by atomic mass is 10.1. The molecule has 2 rings (SSSR count). The molecule has 1 aliphatic rings. The number of hydrogen-bond donors (Lipinski definition) is 1. The van der Waals surface area contributed by atoms with Crippen molar-refractivity contribution in [2.75, 3.05) is 26.4 Å². The monoisotopic (exact) mass is 297 g/mol. The number of nitrogens with zero attached hydrogens (tertiary/aromatic N) is 2. The van der Waals surface area contributed by atoms with Crippen molar-refractivity contribution in [3.63, 3.8) is 0 Å². The lowest BCUT2D eigenvalue weighted by Crippen LogP contribution is -2.45. The van der Waals surface area contributed by atoms with Crippen LogP contribution in [-0.2, 0) is 4.79 Å². The third-order valence-corrected chi connectivity index (χ3v) is 3.54. The van der Waals surface area contributed by atoms with E-state index in [2.05, 4.69) is 0 Å². The third-order valence-electron chi connectivity index (χ3n) is 3.54. The molecule has 0 spiro atoms. The highest BCUT2D eigenvalue weighted by molar-refractivity contribution is 5.98. The topological polar surface area (TPSA) is 66.6 Å². The first-order valence-corrected chi connectivity index (χ1v) is 6.59. The number of likely N-dealkylation sites (tertiary alicyclic amines) is 1. The highest BCUT2D eigenvalue weighted by Crippen LogP contribution is 2.25. The van der Waals surface area contributed by atoms with Gasteiger partial charge in [0, 0.05) is 20.6 Å². The molecule has 2 amide bonds. The highest BCUT2D eigenvalue weighted by Gasteiger charge is 2.36. The zero-order valence-corrected chi connectivity index (χ0v) is 11.9. The van der Waals surface area contributed by atoms with Crippen molar-refractivity contribution in [1.82, 2.24) is 9.80 Å². The molecular formula is C14H17F2N3O2.